The number of ether oxygens (including phenoxy) is 2. The first kappa shape index (κ1) is 19.1. The lowest BCUT2D eigenvalue weighted by Gasteiger charge is -2.39. The van der Waals surface area contributed by atoms with Crippen LogP contribution in [0.2, 0.25) is 0 Å². The maximum absolute atomic E-state index is 12.8. The lowest BCUT2D eigenvalue weighted by molar-refractivity contribution is -0.344. The van der Waals surface area contributed by atoms with Crippen LogP contribution in [0, 0.1) is 0 Å². The van der Waals surface area contributed by atoms with Gasteiger partial charge in [-0.1, -0.05) is 18.2 Å². The lowest BCUT2D eigenvalue weighted by atomic mass is 10.2. The van der Waals surface area contributed by atoms with Crippen molar-refractivity contribution in [1.29, 1.82) is 0 Å². The van der Waals surface area contributed by atoms with Gasteiger partial charge >= 0.3 is 11.8 Å². The molecule has 0 aliphatic rings. The van der Waals surface area contributed by atoms with Crippen molar-refractivity contribution in [2.45, 2.75) is 19.8 Å². The molecular weight excluding hydrogens is 300 g/mol. The molecule has 0 radical (unpaired) electrons. The van der Waals surface area contributed by atoms with Gasteiger partial charge in [0.1, 0.15) is 0 Å². The van der Waals surface area contributed by atoms with Crippen molar-refractivity contribution in [1.82, 2.24) is 9.96 Å². The van der Waals surface area contributed by atoms with E-state index in [1.165, 1.54) is 26.2 Å². The van der Waals surface area contributed by atoms with Gasteiger partial charge < -0.3 is 14.4 Å². The highest BCUT2D eigenvalue weighted by atomic mass is 16.8. The van der Waals surface area contributed by atoms with Crippen LogP contribution >= 0.6 is 0 Å². The zero-order valence-electron chi connectivity index (χ0n) is 14.2. The van der Waals surface area contributed by atoms with Gasteiger partial charge in [-0.05, 0) is 26.0 Å². The fourth-order valence-electron chi connectivity index (χ4n) is 2.26. The van der Waals surface area contributed by atoms with E-state index in [0.29, 0.717) is 18.7 Å². The number of benzene rings is 1. The molecule has 1 aromatic rings. The van der Waals surface area contributed by atoms with Gasteiger partial charge in [0.2, 0.25) is 0 Å². The second kappa shape index (κ2) is 8.61. The van der Waals surface area contributed by atoms with E-state index in [4.69, 9.17) is 14.3 Å². The summed E-state index contributed by atoms with van der Waals surface area (Å²) < 4.78 is 10.6. The van der Waals surface area contributed by atoms with Crippen molar-refractivity contribution in [3.8, 4) is 0 Å². The second-order valence-electron chi connectivity index (χ2n) is 4.62. The van der Waals surface area contributed by atoms with Gasteiger partial charge in [-0.15, -0.1) is 0 Å². The molecule has 0 saturated carbocycles. The summed E-state index contributed by atoms with van der Waals surface area (Å²) in [5.74, 6) is -3.05. The Morgan fingerprint density at radius 1 is 1.00 bits per heavy atom. The van der Waals surface area contributed by atoms with Crippen molar-refractivity contribution in [2.24, 2.45) is 0 Å². The van der Waals surface area contributed by atoms with Crippen molar-refractivity contribution < 1.29 is 23.9 Å². The topological polar surface area (TPSA) is 68.3 Å². The average molecular weight is 324 g/mol. The Hall–Kier alpha value is -1.96. The van der Waals surface area contributed by atoms with E-state index in [0.717, 1.165) is 5.06 Å². The zero-order valence-corrected chi connectivity index (χ0v) is 14.2. The molecule has 0 fully saturated rings. The molecule has 7 heteroatoms. The molecule has 0 spiro atoms. The maximum Gasteiger partial charge on any atom is 0.361 e. The normalized spacial score (nSPS) is 11.2. The van der Waals surface area contributed by atoms with Gasteiger partial charge in [0.05, 0.1) is 7.11 Å². The molecule has 0 aliphatic carbocycles. The number of hydrogen-bond acceptors (Lipinski definition) is 5. The summed E-state index contributed by atoms with van der Waals surface area (Å²) in [6.45, 7) is 4.54. The van der Waals surface area contributed by atoms with E-state index in [2.05, 4.69) is 0 Å². The molecule has 0 aliphatic heterocycles. The smallest absolute Gasteiger partial charge is 0.337 e. The molecule has 1 aromatic carbocycles. The molecule has 7 nitrogen and oxygen atoms in total. The van der Waals surface area contributed by atoms with E-state index in [-0.39, 0.29) is 0 Å². The Labute approximate surface area is 136 Å². The number of likely N-dealkylation sites (N-methyl/N-ethyl adjacent to an activating group) is 1. The number of rotatable bonds is 8. The Morgan fingerprint density at radius 2 is 1.52 bits per heavy atom. The SMILES string of the molecule is CCN(CC)C(=O)C(OC)(OC)N(OC)C(=O)c1ccccc1. The van der Waals surface area contributed by atoms with Gasteiger partial charge in [-0.3, -0.25) is 14.4 Å². The van der Waals surface area contributed by atoms with Gasteiger partial charge in [-0.25, -0.2) is 0 Å². The van der Waals surface area contributed by atoms with Crippen LogP contribution in [0.1, 0.15) is 24.2 Å². The van der Waals surface area contributed by atoms with Crippen molar-refractivity contribution in [3.63, 3.8) is 0 Å². The number of amides is 2. The number of carbonyl (C=O) groups excluding carboxylic acids is 2. The molecule has 0 atom stereocenters. The number of carbonyl (C=O) groups is 2. The van der Waals surface area contributed by atoms with E-state index in [1.807, 2.05) is 13.8 Å². The zero-order chi connectivity index (χ0) is 17.5. The largest absolute Gasteiger partial charge is 0.361 e. The minimum atomic E-state index is -1.99. The van der Waals surface area contributed by atoms with Crippen LogP contribution in [-0.4, -0.2) is 62.1 Å². The molecule has 0 unspecified atom stereocenters. The van der Waals surface area contributed by atoms with Gasteiger partial charge in [-0.2, -0.15) is 5.06 Å². The third-order valence-corrected chi connectivity index (χ3v) is 3.53. The number of hydrogen-bond donors (Lipinski definition) is 0. The second-order valence-corrected chi connectivity index (χ2v) is 4.62. The average Bonchev–Trinajstić information content (AvgIpc) is 2.61. The third kappa shape index (κ3) is 3.69. The minimum Gasteiger partial charge on any atom is -0.337 e. The summed E-state index contributed by atoms with van der Waals surface area (Å²) in [7, 11) is 3.85. The van der Waals surface area contributed by atoms with Crippen molar-refractivity contribution >= 4 is 11.8 Å². The van der Waals surface area contributed by atoms with Crippen LogP contribution in [0.25, 0.3) is 0 Å². The fourth-order valence-corrected chi connectivity index (χ4v) is 2.26. The molecule has 0 bridgehead atoms. The fraction of sp³-hybridized carbons (Fsp3) is 0.500. The first-order chi connectivity index (χ1) is 11.0. The molecule has 2 amide bonds. The third-order valence-electron chi connectivity index (χ3n) is 3.53. The lowest BCUT2D eigenvalue weighted by Crippen LogP contribution is -2.63. The van der Waals surface area contributed by atoms with E-state index < -0.39 is 17.7 Å². The summed E-state index contributed by atoms with van der Waals surface area (Å²) in [6, 6.07) is 8.46. The van der Waals surface area contributed by atoms with Crippen LogP contribution in [0.5, 0.6) is 0 Å². The van der Waals surface area contributed by atoms with Crippen LogP contribution < -0.4 is 0 Å². The van der Waals surface area contributed by atoms with Crippen molar-refractivity contribution in [2.75, 3.05) is 34.4 Å². The van der Waals surface area contributed by atoms with E-state index >= 15 is 0 Å². The van der Waals surface area contributed by atoms with Gasteiger partial charge in [0.25, 0.3) is 5.91 Å². The standard InChI is InChI=1S/C16H24N2O5/c1-6-17(7-2)15(20)16(21-3,22-4)18(23-5)14(19)13-11-9-8-10-12-13/h8-12H,6-7H2,1-5H3. The Kier molecular flexibility index (Phi) is 7.15. The molecule has 128 valence electrons. The molecule has 1 rings (SSSR count). The molecule has 23 heavy (non-hydrogen) atoms. The summed E-state index contributed by atoms with van der Waals surface area (Å²) in [4.78, 5) is 32.2. The van der Waals surface area contributed by atoms with Crippen molar-refractivity contribution in [3.05, 3.63) is 35.9 Å². The highest BCUT2D eigenvalue weighted by molar-refractivity contribution is 5.97. The summed E-state index contributed by atoms with van der Waals surface area (Å²) in [5, 5.41) is 0.809. The highest BCUT2D eigenvalue weighted by Crippen LogP contribution is 2.24. The molecule has 0 aromatic heterocycles. The first-order valence-electron chi connectivity index (χ1n) is 7.35. The van der Waals surface area contributed by atoms with Crippen LogP contribution in [0.3, 0.4) is 0 Å². The van der Waals surface area contributed by atoms with Gasteiger partial charge in [0.15, 0.2) is 0 Å². The Morgan fingerprint density at radius 3 is 1.91 bits per heavy atom. The number of hydroxylamine groups is 2. The van der Waals surface area contributed by atoms with Crippen LogP contribution in [-0.2, 0) is 19.1 Å². The number of nitrogens with zero attached hydrogens (tertiary/aromatic N) is 2. The number of methoxy groups -OCH3 is 2. The van der Waals surface area contributed by atoms with E-state index in [9.17, 15) is 9.59 Å². The maximum atomic E-state index is 12.8. The predicted octanol–water partition coefficient (Wildman–Crippen LogP) is 1.51. The van der Waals surface area contributed by atoms with Gasteiger partial charge in [0, 0.05) is 32.9 Å². The summed E-state index contributed by atoms with van der Waals surface area (Å²) in [6.07, 6.45) is 0. The van der Waals surface area contributed by atoms with E-state index in [1.54, 1.807) is 30.3 Å². The minimum absolute atomic E-state index is 0.347. The summed E-state index contributed by atoms with van der Waals surface area (Å²) in [5.41, 5.74) is 0.347. The first-order valence-corrected chi connectivity index (χ1v) is 7.35. The molecule has 0 heterocycles. The summed E-state index contributed by atoms with van der Waals surface area (Å²) >= 11 is 0. The van der Waals surface area contributed by atoms with Crippen LogP contribution in [0.15, 0.2) is 30.3 Å². The Bertz CT molecular complexity index is 512. The quantitative estimate of drug-likeness (QED) is 0.535. The molecule has 0 N–H and O–H groups in total. The molecule has 0 saturated heterocycles. The Balaban J connectivity index is 3.28. The monoisotopic (exact) mass is 324 g/mol. The molecular formula is C16H24N2O5. The highest BCUT2D eigenvalue weighted by Gasteiger charge is 2.51. The van der Waals surface area contributed by atoms with Crippen LogP contribution in [0.4, 0.5) is 0 Å². The predicted molar refractivity (Wildman–Crippen MR) is 84.3 cm³/mol.